The van der Waals surface area contributed by atoms with Crippen molar-refractivity contribution in [3.8, 4) is 5.75 Å². The Hall–Kier alpha value is -2.94. The minimum atomic E-state index is -4.69. The quantitative estimate of drug-likeness (QED) is 0.642. The summed E-state index contributed by atoms with van der Waals surface area (Å²) >= 11 is 0. The fraction of sp³-hybridized carbons (Fsp3) is 0.409. The summed E-state index contributed by atoms with van der Waals surface area (Å²) in [6.07, 6.45) is -3.25. The normalized spacial score (nSPS) is 17.1. The number of likely N-dealkylation sites (tertiary alicyclic amines) is 1. The highest BCUT2D eigenvalue weighted by atomic mass is 19.4. The molecule has 168 valence electrons. The molecule has 0 radical (unpaired) electrons. The summed E-state index contributed by atoms with van der Waals surface area (Å²) in [4.78, 5) is 14.3. The first-order chi connectivity index (χ1) is 14.9. The van der Waals surface area contributed by atoms with Crippen LogP contribution >= 0.6 is 0 Å². The smallest absolute Gasteiger partial charge is 0.445 e. The Morgan fingerprint density at radius 2 is 1.84 bits per heavy atom. The highest BCUT2D eigenvalue weighted by Crippen LogP contribution is 2.23. The largest absolute Gasteiger partial charge is 0.573 e. The lowest BCUT2D eigenvalue weighted by Crippen LogP contribution is -2.48. The number of carbonyl (C=O) groups is 1. The lowest BCUT2D eigenvalue weighted by Gasteiger charge is -2.33. The van der Waals surface area contributed by atoms with Crippen molar-refractivity contribution in [1.29, 1.82) is 0 Å². The molecule has 9 heteroatoms. The average Bonchev–Trinajstić information content (AvgIpc) is 2.74. The van der Waals surface area contributed by atoms with Crippen LogP contribution in [0.3, 0.4) is 0 Å². The Kier molecular flexibility index (Phi) is 8.00. The maximum Gasteiger partial charge on any atom is 0.573 e. The number of nitrogens with one attached hydrogen (secondary N) is 2. The predicted molar refractivity (Wildman–Crippen MR) is 111 cm³/mol. The highest BCUT2D eigenvalue weighted by Gasteiger charge is 2.31. The SMILES string of the molecule is O=C(N[C@@H]1CCCN(CCNc2ccc(OC(F)(F)F)cc2)C1)OCc1ccccc1. The van der Waals surface area contributed by atoms with Crippen molar-refractivity contribution in [1.82, 2.24) is 10.2 Å². The molecule has 1 heterocycles. The van der Waals surface area contributed by atoms with Gasteiger partial charge in [0, 0.05) is 31.4 Å². The third-order valence-electron chi connectivity index (χ3n) is 4.89. The number of carbonyl (C=O) groups excluding carboxylic acids is 1. The zero-order valence-corrected chi connectivity index (χ0v) is 17.0. The molecule has 0 spiro atoms. The first kappa shape index (κ1) is 22.7. The van der Waals surface area contributed by atoms with Gasteiger partial charge in [-0.15, -0.1) is 13.2 Å². The molecule has 2 N–H and O–H groups in total. The molecule has 1 fully saturated rings. The fourth-order valence-corrected chi connectivity index (χ4v) is 3.44. The van der Waals surface area contributed by atoms with Gasteiger partial charge in [0.1, 0.15) is 12.4 Å². The first-order valence-electron chi connectivity index (χ1n) is 10.2. The Balaban J connectivity index is 1.35. The van der Waals surface area contributed by atoms with Crippen molar-refractivity contribution in [3.05, 3.63) is 60.2 Å². The monoisotopic (exact) mass is 437 g/mol. The minimum absolute atomic E-state index is 0.0239. The number of hydrogen-bond donors (Lipinski definition) is 2. The van der Waals surface area contributed by atoms with Crippen molar-refractivity contribution >= 4 is 11.8 Å². The number of alkyl carbamates (subject to hydrolysis) is 1. The molecule has 0 aliphatic carbocycles. The zero-order chi connectivity index (χ0) is 22.1. The lowest BCUT2D eigenvalue weighted by atomic mass is 10.1. The first-order valence-corrected chi connectivity index (χ1v) is 10.2. The summed E-state index contributed by atoms with van der Waals surface area (Å²) in [5, 5.41) is 6.11. The van der Waals surface area contributed by atoms with Crippen LogP contribution in [0, 0.1) is 0 Å². The number of nitrogens with zero attached hydrogens (tertiary/aromatic N) is 1. The minimum Gasteiger partial charge on any atom is -0.445 e. The van der Waals surface area contributed by atoms with Gasteiger partial charge < -0.3 is 20.1 Å². The maximum atomic E-state index is 12.2. The molecule has 6 nitrogen and oxygen atoms in total. The van der Waals surface area contributed by atoms with E-state index in [4.69, 9.17) is 4.74 Å². The van der Waals surface area contributed by atoms with E-state index in [-0.39, 0.29) is 18.4 Å². The molecule has 1 saturated heterocycles. The van der Waals surface area contributed by atoms with Gasteiger partial charge in [-0.3, -0.25) is 4.90 Å². The van der Waals surface area contributed by atoms with Crippen molar-refractivity contribution < 1.29 is 27.4 Å². The van der Waals surface area contributed by atoms with Crippen molar-refractivity contribution in [2.75, 3.05) is 31.5 Å². The molecule has 0 aromatic heterocycles. The molecular weight excluding hydrogens is 411 g/mol. The zero-order valence-electron chi connectivity index (χ0n) is 17.0. The number of ether oxygens (including phenoxy) is 2. The van der Waals surface area contributed by atoms with Crippen LogP contribution in [0.15, 0.2) is 54.6 Å². The molecule has 0 unspecified atom stereocenters. The Bertz CT molecular complexity index is 816. The molecule has 0 saturated carbocycles. The number of hydrogen-bond acceptors (Lipinski definition) is 5. The summed E-state index contributed by atoms with van der Waals surface area (Å²) in [6.45, 7) is 3.26. The average molecular weight is 437 g/mol. The van der Waals surface area contributed by atoms with Gasteiger partial charge in [-0.1, -0.05) is 30.3 Å². The molecule has 1 atom stereocenters. The Morgan fingerprint density at radius 1 is 1.10 bits per heavy atom. The van der Waals surface area contributed by atoms with Crippen LogP contribution in [0.4, 0.5) is 23.7 Å². The Labute approximate surface area is 179 Å². The Morgan fingerprint density at radius 3 is 2.55 bits per heavy atom. The van der Waals surface area contributed by atoms with Gasteiger partial charge in [0.15, 0.2) is 0 Å². The number of halogens is 3. The van der Waals surface area contributed by atoms with Crippen LogP contribution in [0.5, 0.6) is 5.75 Å². The molecule has 31 heavy (non-hydrogen) atoms. The molecule has 0 bridgehead atoms. The molecule has 3 rings (SSSR count). The van der Waals surface area contributed by atoms with E-state index in [2.05, 4.69) is 20.3 Å². The highest BCUT2D eigenvalue weighted by molar-refractivity contribution is 5.67. The van der Waals surface area contributed by atoms with E-state index < -0.39 is 12.5 Å². The number of rotatable bonds is 8. The van der Waals surface area contributed by atoms with Gasteiger partial charge in [0.05, 0.1) is 0 Å². The van der Waals surface area contributed by atoms with Crippen LogP contribution in [-0.4, -0.2) is 49.6 Å². The summed E-state index contributed by atoms with van der Waals surface area (Å²) in [7, 11) is 0. The lowest BCUT2D eigenvalue weighted by molar-refractivity contribution is -0.274. The van der Waals surface area contributed by atoms with E-state index >= 15 is 0 Å². The van der Waals surface area contributed by atoms with Crippen molar-refractivity contribution in [2.45, 2.75) is 31.9 Å². The van der Waals surface area contributed by atoms with E-state index in [0.717, 1.165) is 38.0 Å². The van der Waals surface area contributed by atoms with Crippen molar-refractivity contribution in [2.24, 2.45) is 0 Å². The van der Waals surface area contributed by atoms with E-state index in [9.17, 15) is 18.0 Å². The third-order valence-corrected chi connectivity index (χ3v) is 4.89. The van der Waals surface area contributed by atoms with Gasteiger partial charge in [-0.05, 0) is 49.2 Å². The topological polar surface area (TPSA) is 62.8 Å². The van der Waals surface area contributed by atoms with Crippen LogP contribution in [0.1, 0.15) is 18.4 Å². The molecule has 2 aromatic carbocycles. The number of benzene rings is 2. The second-order valence-corrected chi connectivity index (χ2v) is 7.34. The van der Waals surface area contributed by atoms with Gasteiger partial charge in [-0.2, -0.15) is 0 Å². The standard InChI is InChI=1S/C22H26F3N3O3/c23-22(24,25)31-20-10-8-18(9-11-20)26-12-14-28-13-4-7-19(15-28)27-21(29)30-16-17-5-2-1-3-6-17/h1-3,5-6,8-11,19,26H,4,7,12-16H2,(H,27,29)/t19-/m1/s1. The van der Waals surface area contributed by atoms with Gasteiger partial charge >= 0.3 is 12.5 Å². The van der Waals surface area contributed by atoms with Crippen LogP contribution in [-0.2, 0) is 11.3 Å². The number of alkyl halides is 3. The molecule has 2 aromatic rings. The number of amides is 1. The fourth-order valence-electron chi connectivity index (χ4n) is 3.44. The molecule has 1 amide bonds. The van der Waals surface area contributed by atoms with Gasteiger partial charge in [0.2, 0.25) is 0 Å². The van der Waals surface area contributed by atoms with E-state index in [1.54, 1.807) is 12.1 Å². The van der Waals surface area contributed by atoms with Crippen LogP contribution in [0.25, 0.3) is 0 Å². The van der Waals surface area contributed by atoms with Crippen molar-refractivity contribution in [3.63, 3.8) is 0 Å². The van der Waals surface area contributed by atoms with E-state index in [1.807, 2.05) is 30.3 Å². The molecule has 1 aliphatic heterocycles. The second kappa shape index (κ2) is 10.9. The van der Waals surface area contributed by atoms with Crippen LogP contribution in [0.2, 0.25) is 0 Å². The molecular formula is C22H26F3N3O3. The van der Waals surface area contributed by atoms with Gasteiger partial charge in [-0.25, -0.2) is 4.79 Å². The predicted octanol–water partition coefficient (Wildman–Crippen LogP) is 4.39. The third kappa shape index (κ3) is 8.37. The number of piperidine rings is 1. The summed E-state index contributed by atoms with van der Waals surface area (Å²) in [6, 6.07) is 15.2. The summed E-state index contributed by atoms with van der Waals surface area (Å²) in [5.41, 5.74) is 1.65. The maximum absolute atomic E-state index is 12.2. The number of anilines is 1. The summed E-state index contributed by atoms with van der Waals surface area (Å²) < 4.78 is 45.8. The second-order valence-electron chi connectivity index (χ2n) is 7.34. The molecule has 1 aliphatic rings. The summed E-state index contributed by atoms with van der Waals surface area (Å²) in [5.74, 6) is -0.248. The van der Waals surface area contributed by atoms with E-state index in [0.29, 0.717) is 12.2 Å². The van der Waals surface area contributed by atoms with Gasteiger partial charge in [0.25, 0.3) is 0 Å². The van der Waals surface area contributed by atoms with Crippen LogP contribution < -0.4 is 15.4 Å². The van der Waals surface area contributed by atoms with E-state index in [1.165, 1.54) is 12.1 Å².